The van der Waals surface area contributed by atoms with Gasteiger partial charge in [-0.25, -0.2) is 8.78 Å². The predicted molar refractivity (Wildman–Crippen MR) is 72.8 cm³/mol. The second kappa shape index (κ2) is 6.34. The Labute approximate surface area is 115 Å². The number of aliphatic hydroxyl groups excluding tert-OH is 1. The zero-order chi connectivity index (χ0) is 14.5. The highest BCUT2D eigenvalue weighted by Crippen LogP contribution is 2.20. The highest BCUT2D eigenvalue weighted by Gasteiger charge is 2.13. The van der Waals surface area contributed by atoms with Gasteiger partial charge in [0.2, 0.25) is 0 Å². The lowest BCUT2D eigenvalue weighted by Gasteiger charge is -2.14. The average molecular weight is 279 g/mol. The molecule has 20 heavy (non-hydrogen) atoms. The van der Waals surface area contributed by atoms with Gasteiger partial charge in [0.05, 0.1) is 13.2 Å². The third-order valence-corrected chi connectivity index (χ3v) is 2.91. The van der Waals surface area contributed by atoms with E-state index in [2.05, 4.69) is 5.32 Å². The quantitative estimate of drug-likeness (QED) is 0.883. The van der Waals surface area contributed by atoms with Crippen LogP contribution in [0.4, 0.5) is 14.5 Å². The minimum absolute atomic E-state index is 0.0624. The molecule has 0 fully saturated rings. The van der Waals surface area contributed by atoms with Gasteiger partial charge in [-0.1, -0.05) is 6.07 Å². The van der Waals surface area contributed by atoms with Gasteiger partial charge in [0.15, 0.2) is 0 Å². The molecule has 1 atom stereocenters. The maximum atomic E-state index is 13.5. The number of halogens is 2. The lowest BCUT2D eigenvalue weighted by Crippen LogP contribution is -2.13. The number of anilines is 1. The van der Waals surface area contributed by atoms with E-state index in [0.717, 1.165) is 23.6 Å². The third-order valence-electron chi connectivity index (χ3n) is 2.91. The first-order valence-electron chi connectivity index (χ1n) is 6.11. The van der Waals surface area contributed by atoms with Crippen LogP contribution in [0, 0.1) is 11.6 Å². The summed E-state index contributed by atoms with van der Waals surface area (Å²) in [5, 5.41) is 12.9. The van der Waals surface area contributed by atoms with Gasteiger partial charge in [-0.05, 0) is 30.3 Å². The Balaban J connectivity index is 1.98. The molecule has 0 aliphatic heterocycles. The molecule has 106 valence electrons. The van der Waals surface area contributed by atoms with Gasteiger partial charge >= 0.3 is 0 Å². The highest BCUT2D eigenvalue weighted by atomic mass is 19.1. The molecule has 5 heteroatoms. The maximum absolute atomic E-state index is 13.5. The number of rotatable bonds is 5. The largest absolute Gasteiger partial charge is 0.497 e. The summed E-state index contributed by atoms with van der Waals surface area (Å²) in [6, 6.07) is 10.2. The molecular formula is C15H15F2NO2. The summed E-state index contributed by atoms with van der Waals surface area (Å²) in [5.41, 5.74) is 0.833. The van der Waals surface area contributed by atoms with Crippen molar-refractivity contribution in [1.29, 1.82) is 0 Å². The number of nitrogens with one attached hydrogen (secondary N) is 1. The molecule has 0 aliphatic rings. The summed E-state index contributed by atoms with van der Waals surface area (Å²) in [6.45, 7) is 0.120. The van der Waals surface area contributed by atoms with Crippen molar-refractivity contribution in [1.82, 2.24) is 0 Å². The predicted octanol–water partition coefficient (Wildman–Crippen LogP) is 3.12. The van der Waals surface area contributed by atoms with Crippen molar-refractivity contribution < 1.29 is 18.6 Å². The lowest BCUT2D eigenvalue weighted by atomic mass is 10.1. The highest BCUT2D eigenvalue weighted by molar-refractivity contribution is 5.46. The molecule has 0 bridgehead atoms. The summed E-state index contributed by atoms with van der Waals surface area (Å²) in [7, 11) is 1.57. The molecule has 0 aromatic heterocycles. The van der Waals surface area contributed by atoms with E-state index >= 15 is 0 Å². The Morgan fingerprint density at radius 3 is 2.45 bits per heavy atom. The SMILES string of the molecule is COc1ccc(NCC(O)c2ccc(F)cc2F)cc1. The molecule has 0 heterocycles. The Bertz CT molecular complexity index is 573. The van der Waals surface area contributed by atoms with Crippen LogP contribution in [0.25, 0.3) is 0 Å². The smallest absolute Gasteiger partial charge is 0.131 e. The van der Waals surface area contributed by atoms with E-state index in [1.165, 1.54) is 6.07 Å². The standard InChI is InChI=1S/C15H15F2NO2/c1-20-12-5-3-11(4-6-12)18-9-15(19)13-7-2-10(16)8-14(13)17/h2-8,15,18-19H,9H2,1H3. The van der Waals surface area contributed by atoms with Crippen molar-refractivity contribution >= 4 is 5.69 Å². The van der Waals surface area contributed by atoms with Gasteiger partial charge in [-0.3, -0.25) is 0 Å². The van der Waals surface area contributed by atoms with E-state index in [4.69, 9.17) is 4.74 Å². The molecule has 0 saturated carbocycles. The minimum atomic E-state index is -1.06. The Hall–Kier alpha value is -2.14. The third kappa shape index (κ3) is 3.45. The number of methoxy groups -OCH3 is 1. The fraction of sp³-hybridized carbons (Fsp3) is 0.200. The second-order valence-corrected chi connectivity index (χ2v) is 4.29. The zero-order valence-corrected chi connectivity index (χ0v) is 10.9. The summed E-state index contributed by atoms with van der Waals surface area (Å²) in [5.74, 6) is -0.698. The number of aliphatic hydroxyl groups is 1. The number of ether oxygens (including phenoxy) is 1. The molecule has 2 aromatic rings. The van der Waals surface area contributed by atoms with Crippen molar-refractivity contribution in [2.45, 2.75) is 6.10 Å². The summed E-state index contributed by atoms with van der Waals surface area (Å²) in [6.07, 6.45) is -1.06. The van der Waals surface area contributed by atoms with Crippen LogP contribution in [0.3, 0.4) is 0 Å². The number of benzene rings is 2. The Morgan fingerprint density at radius 1 is 1.15 bits per heavy atom. The first kappa shape index (κ1) is 14.3. The molecule has 0 saturated heterocycles. The second-order valence-electron chi connectivity index (χ2n) is 4.29. The monoisotopic (exact) mass is 279 g/mol. The van der Waals surface area contributed by atoms with E-state index in [1.807, 2.05) is 0 Å². The van der Waals surface area contributed by atoms with Gasteiger partial charge in [0.1, 0.15) is 17.4 Å². The van der Waals surface area contributed by atoms with Gasteiger partial charge < -0.3 is 15.2 Å². The van der Waals surface area contributed by atoms with Crippen LogP contribution in [0.1, 0.15) is 11.7 Å². The molecule has 0 radical (unpaired) electrons. The first-order chi connectivity index (χ1) is 9.60. The summed E-state index contributed by atoms with van der Waals surface area (Å²) < 4.78 is 31.3. The van der Waals surface area contributed by atoms with E-state index in [1.54, 1.807) is 31.4 Å². The molecule has 3 nitrogen and oxygen atoms in total. The lowest BCUT2D eigenvalue weighted by molar-refractivity contribution is 0.186. The van der Waals surface area contributed by atoms with E-state index in [-0.39, 0.29) is 12.1 Å². The van der Waals surface area contributed by atoms with Crippen LogP contribution in [-0.2, 0) is 0 Å². The Kier molecular flexibility index (Phi) is 4.53. The van der Waals surface area contributed by atoms with E-state index in [0.29, 0.717) is 0 Å². The summed E-state index contributed by atoms with van der Waals surface area (Å²) >= 11 is 0. The average Bonchev–Trinajstić information content (AvgIpc) is 2.45. The van der Waals surface area contributed by atoms with Gasteiger partial charge in [-0.2, -0.15) is 0 Å². The molecule has 0 aliphatic carbocycles. The summed E-state index contributed by atoms with van der Waals surface area (Å²) in [4.78, 5) is 0. The van der Waals surface area contributed by atoms with Crippen molar-refractivity contribution in [2.75, 3.05) is 19.0 Å². The van der Waals surface area contributed by atoms with Crippen LogP contribution < -0.4 is 10.1 Å². The Morgan fingerprint density at radius 2 is 1.85 bits per heavy atom. The normalized spacial score (nSPS) is 12.0. The first-order valence-corrected chi connectivity index (χ1v) is 6.11. The van der Waals surface area contributed by atoms with E-state index < -0.39 is 17.7 Å². The van der Waals surface area contributed by atoms with Crippen LogP contribution in [0.2, 0.25) is 0 Å². The molecule has 0 amide bonds. The van der Waals surface area contributed by atoms with Crippen molar-refractivity contribution in [3.8, 4) is 5.75 Å². The van der Waals surface area contributed by atoms with Crippen LogP contribution >= 0.6 is 0 Å². The van der Waals surface area contributed by atoms with Crippen molar-refractivity contribution in [3.63, 3.8) is 0 Å². The molecule has 2 N–H and O–H groups in total. The van der Waals surface area contributed by atoms with E-state index in [9.17, 15) is 13.9 Å². The topological polar surface area (TPSA) is 41.5 Å². The molecule has 1 unspecified atom stereocenters. The number of hydrogen-bond acceptors (Lipinski definition) is 3. The van der Waals surface area contributed by atoms with Crippen molar-refractivity contribution in [2.24, 2.45) is 0 Å². The van der Waals surface area contributed by atoms with Gasteiger partial charge in [0.25, 0.3) is 0 Å². The van der Waals surface area contributed by atoms with Crippen LogP contribution in [0.5, 0.6) is 5.75 Å². The van der Waals surface area contributed by atoms with Crippen molar-refractivity contribution in [3.05, 3.63) is 59.7 Å². The minimum Gasteiger partial charge on any atom is -0.497 e. The van der Waals surface area contributed by atoms with Crippen LogP contribution in [-0.4, -0.2) is 18.8 Å². The molecule has 2 aromatic carbocycles. The molecule has 2 rings (SSSR count). The zero-order valence-electron chi connectivity index (χ0n) is 10.9. The van der Waals surface area contributed by atoms with Gasteiger partial charge in [0, 0.05) is 23.9 Å². The maximum Gasteiger partial charge on any atom is 0.131 e. The van der Waals surface area contributed by atoms with Gasteiger partial charge in [-0.15, -0.1) is 0 Å². The fourth-order valence-electron chi connectivity index (χ4n) is 1.81. The fourth-order valence-corrected chi connectivity index (χ4v) is 1.81. The van der Waals surface area contributed by atoms with Crippen LogP contribution in [0.15, 0.2) is 42.5 Å². The molecule has 0 spiro atoms. The molecular weight excluding hydrogens is 264 g/mol. The number of hydrogen-bond donors (Lipinski definition) is 2.